The van der Waals surface area contributed by atoms with E-state index in [0.29, 0.717) is 32.7 Å². The molecule has 0 aromatic carbocycles. The van der Waals surface area contributed by atoms with Crippen LogP contribution in [-0.4, -0.2) is 64.1 Å². The van der Waals surface area contributed by atoms with Crippen molar-refractivity contribution < 1.29 is 14.7 Å². The van der Waals surface area contributed by atoms with E-state index in [1.165, 1.54) is 0 Å². The number of carbonyl (C=O) groups is 2. The molecule has 0 bridgehead atoms. The van der Waals surface area contributed by atoms with Gasteiger partial charge in [-0.25, -0.2) is 9.78 Å². The predicted octanol–water partition coefficient (Wildman–Crippen LogP) is 0.752. The van der Waals surface area contributed by atoms with Crippen molar-refractivity contribution in [3.63, 3.8) is 0 Å². The van der Waals surface area contributed by atoms with Gasteiger partial charge >= 0.3 is 12.0 Å². The lowest BCUT2D eigenvalue weighted by atomic mass is 10.2. The molecule has 1 unspecified atom stereocenters. The van der Waals surface area contributed by atoms with Crippen LogP contribution in [0.5, 0.6) is 0 Å². The molecule has 1 saturated heterocycles. The zero-order chi connectivity index (χ0) is 15.4. The molecule has 0 spiro atoms. The van der Waals surface area contributed by atoms with E-state index >= 15 is 0 Å². The number of aliphatic carboxylic acids is 1. The molecule has 8 heteroatoms. The van der Waals surface area contributed by atoms with E-state index in [2.05, 4.69) is 10.3 Å². The van der Waals surface area contributed by atoms with Crippen LogP contribution in [0.3, 0.4) is 0 Å². The number of carboxylic acids is 1. The van der Waals surface area contributed by atoms with Crippen molar-refractivity contribution in [2.75, 3.05) is 26.2 Å². The highest BCUT2D eigenvalue weighted by Crippen LogP contribution is 2.11. The molecule has 2 heterocycles. The molecule has 1 atom stereocenters. The number of aromatic nitrogens is 1. The second kappa shape index (κ2) is 6.86. The first kappa shape index (κ1) is 15.7. The Labute approximate surface area is 127 Å². The number of thiazole rings is 1. The Balaban J connectivity index is 1.76. The summed E-state index contributed by atoms with van der Waals surface area (Å²) in [7, 11) is 0. The molecule has 2 amide bonds. The van der Waals surface area contributed by atoms with Crippen LogP contribution in [0.2, 0.25) is 0 Å². The Hall–Kier alpha value is -1.67. The number of urea groups is 1. The molecule has 0 radical (unpaired) electrons. The van der Waals surface area contributed by atoms with Crippen LogP contribution < -0.4 is 5.32 Å². The Morgan fingerprint density at radius 2 is 2.10 bits per heavy atom. The minimum Gasteiger partial charge on any atom is -0.480 e. The van der Waals surface area contributed by atoms with Crippen molar-refractivity contribution in [1.82, 2.24) is 20.1 Å². The van der Waals surface area contributed by atoms with Crippen LogP contribution in [0.15, 0.2) is 6.20 Å². The summed E-state index contributed by atoms with van der Waals surface area (Å²) in [6.45, 7) is 6.33. The molecule has 1 aliphatic heterocycles. The van der Waals surface area contributed by atoms with Gasteiger partial charge in [0.2, 0.25) is 0 Å². The lowest BCUT2D eigenvalue weighted by Crippen LogP contribution is -2.55. The van der Waals surface area contributed by atoms with Gasteiger partial charge in [0.05, 0.1) is 6.54 Å². The number of hydrogen-bond acceptors (Lipinski definition) is 5. The van der Waals surface area contributed by atoms with Gasteiger partial charge in [-0.2, -0.15) is 0 Å². The average molecular weight is 312 g/mol. The van der Waals surface area contributed by atoms with E-state index in [9.17, 15) is 9.59 Å². The largest absolute Gasteiger partial charge is 0.480 e. The fourth-order valence-corrected chi connectivity index (χ4v) is 2.94. The highest BCUT2D eigenvalue weighted by Gasteiger charge is 2.27. The minimum atomic E-state index is -0.827. The third kappa shape index (κ3) is 4.15. The van der Waals surface area contributed by atoms with Gasteiger partial charge in [-0.3, -0.25) is 9.69 Å². The lowest BCUT2D eigenvalue weighted by molar-refractivity contribution is -0.143. The molecule has 116 valence electrons. The monoisotopic (exact) mass is 312 g/mol. The third-order valence-corrected chi connectivity index (χ3v) is 4.48. The van der Waals surface area contributed by atoms with E-state index in [4.69, 9.17) is 5.11 Å². The fraction of sp³-hybridized carbons (Fsp3) is 0.615. The average Bonchev–Trinajstić information content (AvgIpc) is 2.89. The van der Waals surface area contributed by atoms with Crippen LogP contribution in [0.4, 0.5) is 4.79 Å². The molecular formula is C13H20N4O3S. The summed E-state index contributed by atoms with van der Waals surface area (Å²) in [4.78, 5) is 31.9. The van der Waals surface area contributed by atoms with Crippen molar-refractivity contribution in [2.24, 2.45) is 0 Å². The maximum atomic E-state index is 12.0. The zero-order valence-corrected chi connectivity index (χ0v) is 13.0. The summed E-state index contributed by atoms with van der Waals surface area (Å²) in [5.41, 5.74) is 0. The molecule has 7 nitrogen and oxygen atoms in total. The first-order valence-electron chi connectivity index (χ1n) is 6.88. The van der Waals surface area contributed by atoms with Crippen molar-refractivity contribution in [3.8, 4) is 0 Å². The Bertz CT molecular complexity index is 511. The predicted molar refractivity (Wildman–Crippen MR) is 79.3 cm³/mol. The summed E-state index contributed by atoms with van der Waals surface area (Å²) in [6.07, 6.45) is 1.79. The van der Waals surface area contributed by atoms with Gasteiger partial charge in [-0.15, -0.1) is 11.3 Å². The second-order valence-corrected chi connectivity index (χ2v) is 6.38. The third-order valence-electron chi connectivity index (χ3n) is 3.57. The smallest absolute Gasteiger partial charge is 0.320 e. The molecule has 1 aromatic heterocycles. The fourth-order valence-electron chi connectivity index (χ4n) is 2.21. The van der Waals surface area contributed by atoms with E-state index in [1.807, 2.05) is 11.8 Å². The lowest BCUT2D eigenvalue weighted by Gasteiger charge is -2.36. The van der Waals surface area contributed by atoms with Gasteiger partial charge < -0.3 is 15.3 Å². The van der Waals surface area contributed by atoms with Crippen molar-refractivity contribution in [3.05, 3.63) is 16.1 Å². The maximum absolute atomic E-state index is 12.0. The molecular weight excluding hydrogens is 292 g/mol. The van der Waals surface area contributed by atoms with Gasteiger partial charge in [0.1, 0.15) is 11.0 Å². The normalized spacial score (nSPS) is 17.5. The number of aryl methyl sites for hydroxylation is 1. The first-order chi connectivity index (χ1) is 9.97. The molecule has 21 heavy (non-hydrogen) atoms. The second-order valence-electron chi connectivity index (χ2n) is 5.06. The highest BCUT2D eigenvalue weighted by molar-refractivity contribution is 7.11. The summed E-state index contributed by atoms with van der Waals surface area (Å²) >= 11 is 1.57. The van der Waals surface area contributed by atoms with Gasteiger partial charge in [-0.05, 0) is 13.8 Å². The van der Waals surface area contributed by atoms with Gasteiger partial charge in [0.15, 0.2) is 0 Å². The van der Waals surface area contributed by atoms with Gasteiger partial charge in [0.25, 0.3) is 0 Å². The van der Waals surface area contributed by atoms with Crippen molar-refractivity contribution in [2.45, 2.75) is 26.4 Å². The van der Waals surface area contributed by atoms with Gasteiger partial charge in [-0.1, -0.05) is 0 Å². The molecule has 1 fully saturated rings. The minimum absolute atomic E-state index is 0.120. The molecule has 1 aliphatic rings. The molecule has 0 aliphatic carbocycles. The quantitative estimate of drug-likeness (QED) is 0.857. The molecule has 1 aromatic rings. The van der Waals surface area contributed by atoms with Crippen molar-refractivity contribution >= 4 is 23.3 Å². The van der Waals surface area contributed by atoms with Crippen LogP contribution in [0, 0.1) is 6.92 Å². The van der Waals surface area contributed by atoms with Crippen LogP contribution in [0.1, 0.15) is 16.8 Å². The Morgan fingerprint density at radius 1 is 1.43 bits per heavy atom. The molecule has 0 saturated carbocycles. The first-order valence-corrected chi connectivity index (χ1v) is 7.70. The van der Waals surface area contributed by atoms with E-state index in [1.54, 1.807) is 29.4 Å². The highest BCUT2D eigenvalue weighted by atomic mass is 32.1. The van der Waals surface area contributed by atoms with Gasteiger partial charge in [0, 0.05) is 37.3 Å². The summed E-state index contributed by atoms with van der Waals surface area (Å²) in [6, 6.07) is -0.626. The van der Waals surface area contributed by atoms with Crippen LogP contribution in [0.25, 0.3) is 0 Å². The SMILES string of the molecule is Cc1cnc(CNC(=O)N2CCN(C(C)C(=O)O)CC2)s1. The number of amides is 2. The zero-order valence-electron chi connectivity index (χ0n) is 12.2. The topological polar surface area (TPSA) is 85.8 Å². The van der Waals surface area contributed by atoms with E-state index in [0.717, 1.165) is 9.88 Å². The Morgan fingerprint density at radius 3 is 2.62 bits per heavy atom. The number of piperazine rings is 1. The molecule has 2 N–H and O–H groups in total. The number of carboxylic acid groups (broad SMARTS) is 1. The van der Waals surface area contributed by atoms with Crippen LogP contribution in [-0.2, 0) is 11.3 Å². The summed E-state index contributed by atoms with van der Waals surface area (Å²) in [5.74, 6) is -0.827. The van der Waals surface area contributed by atoms with Crippen LogP contribution >= 0.6 is 11.3 Å². The number of carbonyl (C=O) groups excluding carboxylic acids is 1. The number of hydrogen-bond donors (Lipinski definition) is 2. The number of nitrogens with one attached hydrogen (secondary N) is 1. The number of nitrogens with zero attached hydrogens (tertiary/aromatic N) is 3. The standard InChI is InChI=1S/C13H20N4O3S/c1-9-7-14-11(21-9)8-15-13(20)17-5-3-16(4-6-17)10(2)12(18)19/h7,10H,3-6,8H2,1-2H3,(H,15,20)(H,18,19). The summed E-state index contributed by atoms with van der Waals surface area (Å²) < 4.78 is 0. The van der Waals surface area contributed by atoms with E-state index in [-0.39, 0.29) is 6.03 Å². The number of rotatable bonds is 4. The maximum Gasteiger partial charge on any atom is 0.320 e. The Kier molecular flexibility index (Phi) is 5.13. The van der Waals surface area contributed by atoms with E-state index < -0.39 is 12.0 Å². The summed E-state index contributed by atoms with van der Waals surface area (Å²) in [5, 5.41) is 12.7. The van der Waals surface area contributed by atoms with Crippen molar-refractivity contribution in [1.29, 1.82) is 0 Å². The molecule has 2 rings (SSSR count).